The maximum atomic E-state index is 4.72. The van der Waals surface area contributed by atoms with Gasteiger partial charge in [-0.15, -0.1) is 0 Å². The summed E-state index contributed by atoms with van der Waals surface area (Å²) in [6.45, 7) is 6.48. The van der Waals surface area contributed by atoms with Gasteiger partial charge in [0.1, 0.15) is 0 Å². The van der Waals surface area contributed by atoms with E-state index in [9.17, 15) is 0 Å². The number of benzene rings is 1. The molecule has 1 aromatic carbocycles. The van der Waals surface area contributed by atoms with Crippen LogP contribution in [0.4, 0.5) is 5.69 Å². The number of aromatic amines is 1. The molecule has 25 heavy (non-hydrogen) atoms. The number of anilines is 1. The number of aromatic nitrogens is 1. The van der Waals surface area contributed by atoms with Gasteiger partial charge in [-0.25, -0.2) is 0 Å². The number of allylic oxidation sites excluding steroid dienone is 2. The molecule has 1 N–H and O–H groups in total. The Morgan fingerprint density at radius 3 is 2.28 bits per heavy atom. The average Bonchev–Trinajstić information content (AvgIpc) is 3.26. The predicted molar refractivity (Wildman–Crippen MR) is 106 cm³/mol. The number of piperidine rings is 1. The van der Waals surface area contributed by atoms with Crippen molar-refractivity contribution in [2.24, 2.45) is 4.99 Å². The van der Waals surface area contributed by atoms with E-state index in [1.807, 2.05) is 6.92 Å². The summed E-state index contributed by atoms with van der Waals surface area (Å²) in [6.07, 6.45) is 8.16. The van der Waals surface area contributed by atoms with Gasteiger partial charge in [-0.05, 0) is 75.1 Å². The van der Waals surface area contributed by atoms with Crippen LogP contribution in [-0.4, -0.2) is 23.8 Å². The summed E-state index contributed by atoms with van der Waals surface area (Å²) in [7, 11) is 0. The number of aliphatic imine (C=N–C) groups is 1. The van der Waals surface area contributed by atoms with Gasteiger partial charge in [-0.2, -0.15) is 0 Å². The molecule has 1 aromatic heterocycles. The van der Waals surface area contributed by atoms with Gasteiger partial charge < -0.3 is 9.88 Å². The SMILES string of the molecule is CC1=N/C(=C(\c2ccc(N3CCCCC3)cc2)c2ccc(C)[nH]2)C=C1. The minimum atomic E-state index is 1.03. The Morgan fingerprint density at radius 1 is 0.920 bits per heavy atom. The van der Waals surface area contributed by atoms with Crippen molar-refractivity contribution in [3.8, 4) is 0 Å². The van der Waals surface area contributed by atoms with Gasteiger partial charge >= 0.3 is 0 Å². The van der Waals surface area contributed by atoms with Gasteiger partial charge in [0.25, 0.3) is 0 Å². The van der Waals surface area contributed by atoms with E-state index in [1.54, 1.807) is 0 Å². The zero-order valence-corrected chi connectivity index (χ0v) is 15.0. The zero-order chi connectivity index (χ0) is 17.2. The van der Waals surface area contributed by atoms with Gasteiger partial charge in [0.2, 0.25) is 0 Å². The standard InChI is InChI=1S/C22H25N3/c1-16-6-12-20(23-16)22(21-13-7-17(2)24-21)18-8-10-19(11-9-18)25-14-4-3-5-15-25/h6-13,23H,3-5,14-15H2,1-2H3/b22-21+. The van der Waals surface area contributed by atoms with E-state index in [2.05, 4.69) is 65.4 Å². The number of H-pyrrole nitrogens is 1. The molecule has 3 nitrogen and oxygen atoms in total. The topological polar surface area (TPSA) is 31.4 Å². The van der Waals surface area contributed by atoms with Crippen molar-refractivity contribution < 1.29 is 0 Å². The molecular weight excluding hydrogens is 306 g/mol. The van der Waals surface area contributed by atoms with Crippen LogP contribution < -0.4 is 4.90 Å². The van der Waals surface area contributed by atoms with Crippen molar-refractivity contribution in [1.29, 1.82) is 0 Å². The molecule has 3 heteroatoms. The summed E-state index contributed by atoms with van der Waals surface area (Å²) in [4.78, 5) is 10.7. The number of hydrogen-bond acceptors (Lipinski definition) is 2. The molecule has 0 atom stereocenters. The smallest absolute Gasteiger partial charge is 0.0732 e. The van der Waals surface area contributed by atoms with Crippen molar-refractivity contribution in [2.45, 2.75) is 33.1 Å². The molecule has 0 spiro atoms. The molecule has 2 aliphatic rings. The predicted octanol–water partition coefficient (Wildman–Crippen LogP) is 5.10. The second-order valence-electron chi connectivity index (χ2n) is 7.00. The lowest BCUT2D eigenvalue weighted by molar-refractivity contribution is 0.578. The summed E-state index contributed by atoms with van der Waals surface area (Å²) in [5.74, 6) is 0. The first kappa shape index (κ1) is 15.9. The zero-order valence-electron chi connectivity index (χ0n) is 15.0. The fraction of sp³-hybridized carbons (Fsp3) is 0.318. The molecule has 0 radical (unpaired) electrons. The van der Waals surface area contributed by atoms with E-state index in [4.69, 9.17) is 4.99 Å². The maximum absolute atomic E-state index is 4.72. The van der Waals surface area contributed by atoms with Crippen molar-refractivity contribution in [3.05, 3.63) is 71.2 Å². The Morgan fingerprint density at radius 2 is 1.68 bits per heavy atom. The molecular formula is C22H25N3. The van der Waals surface area contributed by atoms with E-state index in [1.165, 1.54) is 54.9 Å². The van der Waals surface area contributed by atoms with Crippen molar-refractivity contribution in [2.75, 3.05) is 18.0 Å². The van der Waals surface area contributed by atoms with Gasteiger partial charge in [-0.1, -0.05) is 12.1 Å². The Hall–Kier alpha value is -2.55. The van der Waals surface area contributed by atoms with Gasteiger partial charge in [-0.3, -0.25) is 4.99 Å². The first-order valence-corrected chi connectivity index (χ1v) is 9.20. The third-order valence-corrected chi connectivity index (χ3v) is 5.01. The highest BCUT2D eigenvalue weighted by atomic mass is 15.1. The molecule has 0 saturated carbocycles. The monoisotopic (exact) mass is 331 g/mol. The molecule has 3 heterocycles. The molecule has 128 valence electrons. The van der Waals surface area contributed by atoms with Gasteiger partial charge in [0.15, 0.2) is 0 Å². The van der Waals surface area contributed by atoms with E-state index >= 15 is 0 Å². The second kappa shape index (κ2) is 6.75. The lowest BCUT2D eigenvalue weighted by atomic mass is 9.99. The Balaban J connectivity index is 1.72. The van der Waals surface area contributed by atoms with Crippen LogP contribution in [0.1, 0.15) is 43.1 Å². The molecule has 0 aliphatic carbocycles. The number of rotatable bonds is 3. The van der Waals surface area contributed by atoms with Crippen LogP contribution in [0.15, 0.2) is 59.2 Å². The van der Waals surface area contributed by atoms with Crippen LogP contribution in [0.3, 0.4) is 0 Å². The summed E-state index contributed by atoms with van der Waals surface area (Å²) in [5.41, 5.74) is 8.09. The summed E-state index contributed by atoms with van der Waals surface area (Å²) in [5, 5.41) is 0. The van der Waals surface area contributed by atoms with Gasteiger partial charge in [0.05, 0.1) is 5.70 Å². The highest BCUT2D eigenvalue weighted by Crippen LogP contribution is 2.31. The van der Waals surface area contributed by atoms with E-state index < -0.39 is 0 Å². The van der Waals surface area contributed by atoms with Crippen LogP contribution in [0.25, 0.3) is 5.57 Å². The second-order valence-corrected chi connectivity index (χ2v) is 7.00. The van der Waals surface area contributed by atoms with E-state index in [0.717, 1.165) is 17.1 Å². The Kier molecular flexibility index (Phi) is 4.31. The normalized spacial score (nSPS) is 19.3. The molecule has 2 aromatic rings. The minimum absolute atomic E-state index is 1.03. The first-order valence-electron chi connectivity index (χ1n) is 9.20. The van der Waals surface area contributed by atoms with Crippen molar-refractivity contribution >= 4 is 17.0 Å². The third-order valence-electron chi connectivity index (χ3n) is 5.01. The Labute approximate surface area is 149 Å². The quantitative estimate of drug-likeness (QED) is 0.833. The third kappa shape index (κ3) is 3.32. The van der Waals surface area contributed by atoms with Crippen molar-refractivity contribution in [1.82, 2.24) is 4.98 Å². The summed E-state index contributed by atoms with van der Waals surface area (Å²) >= 11 is 0. The molecule has 1 fully saturated rings. The molecule has 0 bridgehead atoms. The molecule has 4 rings (SSSR count). The maximum Gasteiger partial charge on any atom is 0.0732 e. The van der Waals surface area contributed by atoms with Crippen LogP contribution in [0.5, 0.6) is 0 Å². The summed E-state index contributed by atoms with van der Waals surface area (Å²) in [6, 6.07) is 13.2. The molecule has 0 unspecified atom stereocenters. The molecule has 2 aliphatic heterocycles. The summed E-state index contributed by atoms with van der Waals surface area (Å²) < 4.78 is 0. The lowest BCUT2D eigenvalue weighted by Crippen LogP contribution is -2.29. The minimum Gasteiger partial charge on any atom is -0.372 e. The largest absolute Gasteiger partial charge is 0.372 e. The van der Waals surface area contributed by atoms with Crippen molar-refractivity contribution in [3.63, 3.8) is 0 Å². The number of nitrogens with zero attached hydrogens (tertiary/aromatic N) is 2. The Bertz CT molecular complexity index is 844. The van der Waals surface area contributed by atoms with Crippen LogP contribution in [0.2, 0.25) is 0 Å². The number of aryl methyl sites for hydroxylation is 1. The van der Waals surface area contributed by atoms with E-state index in [0.29, 0.717) is 0 Å². The van der Waals surface area contributed by atoms with Crippen LogP contribution in [0, 0.1) is 6.92 Å². The average molecular weight is 331 g/mol. The van der Waals surface area contributed by atoms with Crippen LogP contribution in [-0.2, 0) is 0 Å². The number of nitrogens with one attached hydrogen (secondary N) is 1. The molecule has 1 saturated heterocycles. The highest BCUT2D eigenvalue weighted by molar-refractivity contribution is 5.99. The first-order chi connectivity index (χ1) is 12.2. The lowest BCUT2D eigenvalue weighted by Gasteiger charge is -2.29. The van der Waals surface area contributed by atoms with Crippen LogP contribution >= 0.6 is 0 Å². The van der Waals surface area contributed by atoms with E-state index in [-0.39, 0.29) is 0 Å². The fourth-order valence-corrected chi connectivity index (χ4v) is 3.69. The van der Waals surface area contributed by atoms with Gasteiger partial charge in [0, 0.05) is 41.4 Å². The number of hydrogen-bond donors (Lipinski definition) is 1. The molecule has 0 amide bonds. The highest BCUT2D eigenvalue weighted by Gasteiger charge is 2.16. The fourth-order valence-electron chi connectivity index (χ4n) is 3.69.